The summed E-state index contributed by atoms with van der Waals surface area (Å²) in [6.07, 6.45) is 3.31. The Bertz CT molecular complexity index is 391. The molecule has 0 aromatic carbocycles. The molecule has 1 saturated carbocycles. The van der Waals surface area contributed by atoms with E-state index in [1.54, 1.807) is 0 Å². The van der Waals surface area contributed by atoms with Crippen LogP contribution in [0.15, 0.2) is 12.1 Å². The number of halogens is 1. The minimum atomic E-state index is -0.985. The molecule has 4 nitrogen and oxygen atoms in total. The summed E-state index contributed by atoms with van der Waals surface area (Å²) in [4.78, 5) is 14.9. The molecule has 1 aliphatic carbocycles. The highest BCUT2D eigenvalue weighted by atomic mass is 35.5. The van der Waals surface area contributed by atoms with Crippen LogP contribution in [0, 0.1) is 0 Å². The van der Waals surface area contributed by atoms with Crippen molar-refractivity contribution in [2.24, 2.45) is 0 Å². The lowest BCUT2D eigenvalue weighted by atomic mass is 9.93. The number of carbonyl (C=O) groups is 1. The van der Waals surface area contributed by atoms with Gasteiger partial charge in [-0.25, -0.2) is 9.78 Å². The van der Waals surface area contributed by atoms with Crippen LogP contribution >= 0.6 is 11.6 Å². The number of aromatic nitrogens is 1. The number of pyridine rings is 1. The van der Waals surface area contributed by atoms with Crippen LogP contribution < -0.4 is 5.32 Å². The van der Waals surface area contributed by atoms with Gasteiger partial charge in [-0.3, -0.25) is 0 Å². The summed E-state index contributed by atoms with van der Waals surface area (Å²) in [7, 11) is 0. The van der Waals surface area contributed by atoms with Gasteiger partial charge in [0.25, 0.3) is 0 Å². The van der Waals surface area contributed by atoms with E-state index in [9.17, 15) is 4.79 Å². The van der Waals surface area contributed by atoms with E-state index in [1.807, 2.05) is 0 Å². The van der Waals surface area contributed by atoms with Gasteiger partial charge in [0.05, 0.1) is 0 Å². The van der Waals surface area contributed by atoms with Crippen LogP contribution in [0.25, 0.3) is 0 Å². The van der Waals surface area contributed by atoms with Crippen LogP contribution in [0.3, 0.4) is 0 Å². The zero-order valence-corrected chi connectivity index (χ0v) is 8.79. The standard InChI is InChI=1S/C10H11ClN2O2/c11-8-5-4-7(10(14)15)9(13-8)12-6-2-1-3-6/h4-6H,1-3H2,(H,12,13)(H,14,15). The van der Waals surface area contributed by atoms with Gasteiger partial charge in [-0.1, -0.05) is 11.6 Å². The number of carboxylic acids is 1. The maximum atomic E-state index is 10.9. The van der Waals surface area contributed by atoms with E-state index in [0.29, 0.717) is 17.0 Å². The van der Waals surface area contributed by atoms with Crippen molar-refractivity contribution in [2.45, 2.75) is 25.3 Å². The number of hydrogen-bond acceptors (Lipinski definition) is 3. The molecule has 1 fully saturated rings. The smallest absolute Gasteiger partial charge is 0.339 e. The van der Waals surface area contributed by atoms with Gasteiger partial charge in [0, 0.05) is 6.04 Å². The molecular weight excluding hydrogens is 216 g/mol. The predicted octanol–water partition coefficient (Wildman–Crippen LogP) is 2.40. The van der Waals surface area contributed by atoms with Gasteiger partial charge in [0.1, 0.15) is 16.5 Å². The second-order valence-electron chi connectivity index (χ2n) is 3.61. The topological polar surface area (TPSA) is 62.2 Å². The quantitative estimate of drug-likeness (QED) is 0.777. The predicted molar refractivity (Wildman–Crippen MR) is 57.5 cm³/mol. The van der Waals surface area contributed by atoms with Crippen LogP contribution in [0.1, 0.15) is 29.6 Å². The zero-order chi connectivity index (χ0) is 10.8. The Kier molecular flexibility index (Phi) is 2.77. The Morgan fingerprint density at radius 1 is 1.53 bits per heavy atom. The van der Waals surface area contributed by atoms with Gasteiger partial charge >= 0.3 is 5.97 Å². The number of nitrogens with zero attached hydrogens (tertiary/aromatic N) is 1. The van der Waals surface area contributed by atoms with E-state index >= 15 is 0 Å². The van der Waals surface area contributed by atoms with Gasteiger partial charge in [-0.15, -0.1) is 0 Å². The van der Waals surface area contributed by atoms with Gasteiger partial charge in [-0.05, 0) is 31.4 Å². The van der Waals surface area contributed by atoms with E-state index in [-0.39, 0.29) is 5.56 Å². The fourth-order valence-corrected chi connectivity index (χ4v) is 1.61. The van der Waals surface area contributed by atoms with E-state index in [2.05, 4.69) is 10.3 Å². The number of nitrogens with one attached hydrogen (secondary N) is 1. The normalized spacial score (nSPS) is 15.8. The second-order valence-corrected chi connectivity index (χ2v) is 3.99. The van der Waals surface area contributed by atoms with Crippen molar-refractivity contribution in [3.63, 3.8) is 0 Å². The average Bonchev–Trinajstić information content (AvgIpc) is 2.11. The molecule has 2 N–H and O–H groups in total. The highest BCUT2D eigenvalue weighted by Gasteiger charge is 2.20. The highest BCUT2D eigenvalue weighted by Crippen LogP contribution is 2.25. The molecule has 0 saturated heterocycles. The third-order valence-electron chi connectivity index (χ3n) is 2.54. The van der Waals surface area contributed by atoms with Crippen LogP contribution in [-0.2, 0) is 0 Å². The Morgan fingerprint density at radius 3 is 2.80 bits per heavy atom. The van der Waals surface area contributed by atoms with Crippen molar-refractivity contribution < 1.29 is 9.90 Å². The second kappa shape index (κ2) is 4.06. The van der Waals surface area contributed by atoms with Gasteiger partial charge in [0.15, 0.2) is 0 Å². The third kappa shape index (κ3) is 2.21. The largest absolute Gasteiger partial charge is 0.478 e. The van der Waals surface area contributed by atoms with E-state index < -0.39 is 5.97 Å². The minimum absolute atomic E-state index is 0.173. The van der Waals surface area contributed by atoms with E-state index in [1.165, 1.54) is 18.6 Å². The van der Waals surface area contributed by atoms with Crippen molar-refractivity contribution in [2.75, 3.05) is 5.32 Å². The first-order chi connectivity index (χ1) is 7.16. The first-order valence-corrected chi connectivity index (χ1v) is 5.21. The van der Waals surface area contributed by atoms with Gasteiger partial charge in [0.2, 0.25) is 0 Å². The van der Waals surface area contributed by atoms with E-state index in [0.717, 1.165) is 12.8 Å². The summed E-state index contributed by atoms with van der Waals surface area (Å²) in [5.41, 5.74) is 0.173. The van der Waals surface area contributed by atoms with Crippen molar-refractivity contribution >= 4 is 23.4 Å². The summed E-state index contributed by atoms with van der Waals surface area (Å²) in [6.45, 7) is 0. The minimum Gasteiger partial charge on any atom is -0.478 e. The Balaban J connectivity index is 2.24. The molecule has 1 aromatic rings. The molecule has 0 atom stereocenters. The summed E-state index contributed by atoms with van der Waals surface area (Å²) in [6, 6.07) is 3.30. The summed E-state index contributed by atoms with van der Waals surface area (Å²) >= 11 is 5.72. The van der Waals surface area contributed by atoms with Crippen molar-refractivity contribution in [3.05, 3.63) is 22.8 Å². The summed E-state index contributed by atoms with van der Waals surface area (Å²) < 4.78 is 0. The van der Waals surface area contributed by atoms with Crippen molar-refractivity contribution in [1.82, 2.24) is 4.98 Å². The number of rotatable bonds is 3. The number of aromatic carboxylic acids is 1. The molecule has 80 valence electrons. The lowest BCUT2D eigenvalue weighted by Gasteiger charge is -2.27. The SMILES string of the molecule is O=C(O)c1ccc(Cl)nc1NC1CCC1. The van der Waals surface area contributed by atoms with Crippen molar-refractivity contribution in [3.8, 4) is 0 Å². The molecule has 1 heterocycles. The van der Waals surface area contributed by atoms with Crippen LogP contribution in [0.5, 0.6) is 0 Å². The fourth-order valence-electron chi connectivity index (χ4n) is 1.46. The highest BCUT2D eigenvalue weighted by molar-refractivity contribution is 6.29. The Labute approximate surface area is 92.3 Å². The van der Waals surface area contributed by atoms with Gasteiger partial charge < -0.3 is 10.4 Å². The molecule has 5 heteroatoms. The number of carboxylic acid groups (broad SMARTS) is 1. The molecule has 1 aliphatic rings. The van der Waals surface area contributed by atoms with E-state index in [4.69, 9.17) is 16.7 Å². The summed E-state index contributed by atoms with van der Waals surface area (Å²) in [5, 5.41) is 12.3. The average molecular weight is 227 g/mol. The van der Waals surface area contributed by atoms with Crippen LogP contribution in [-0.4, -0.2) is 22.1 Å². The molecule has 0 spiro atoms. The molecule has 0 radical (unpaired) electrons. The Hall–Kier alpha value is -1.29. The van der Waals surface area contributed by atoms with Crippen LogP contribution in [0.2, 0.25) is 5.15 Å². The Morgan fingerprint density at radius 2 is 2.27 bits per heavy atom. The maximum Gasteiger partial charge on any atom is 0.339 e. The molecule has 0 amide bonds. The fraction of sp³-hybridized carbons (Fsp3) is 0.400. The van der Waals surface area contributed by atoms with Gasteiger partial charge in [-0.2, -0.15) is 0 Å². The zero-order valence-electron chi connectivity index (χ0n) is 8.03. The van der Waals surface area contributed by atoms with Crippen molar-refractivity contribution in [1.29, 1.82) is 0 Å². The third-order valence-corrected chi connectivity index (χ3v) is 2.75. The first kappa shape index (κ1) is 10.2. The molecule has 15 heavy (non-hydrogen) atoms. The molecule has 2 rings (SSSR count). The molecule has 0 aliphatic heterocycles. The molecule has 0 unspecified atom stereocenters. The number of anilines is 1. The molecular formula is C10H11ClN2O2. The molecule has 0 bridgehead atoms. The maximum absolute atomic E-state index is 10.9. The van der Waals surface area contributed by atoms with Crippen LogP contribution in [0.4, 0.5) is 5.82 Å². The first-order valence-electron chi connectivity index (χ1n) is 4.83. The monoisotopic (exact) mass is 226 g/mol. The number of hydrogen-bond donors (Lipinski definition) is 2. The lowest BCUT2D eigenvalue weighted by Crippen LogP contribution is -2.28. The summed E-state index contributed by atoms with van der Waals surface area (Å²) in [5.74, 6) is -0.610. The lowest BCUT2D eigenvalue weighted by molar-refractivity contribution is 0.0697. The molecule has 1 aromatic heterocycles.